The second kappa shape index (κ2) is 7.58. The summed E-state index contributed by atoms with van der Waals surface area (Å²) < 4.78 is 24.9. The van der Waals surface area contributed by atoms with Gasteiger partial charge in [0.2, 0.25) is 0 Å². The minimum atomic E-state index is -3.79. The van der Waals surface area contributed by atoms with Crippen LogP contribution in [0.5, 0.6) is 0 Å². The molecule has 3 rings (SSSR count). The SMILES string of the molecule is O=C(C=Cc1ccc(Cl)cc1)CS(=O)(=O)c1cnc2cc(Cl)ccc2c1. The van der Waals surface area contributed by atoms with E-state index in [4.69, 9.17) is 23.2 Å². The van der Waals surface area contributed by atoms with E-state index >= 15 is 0 Å². The molecule has 0 radical (unpaired) electrons. The number of allylic oxidation sites excluding steroid dienone is 1. The van der Waals surface area contributed by atoms with Crippen molar-refractivity contribution in [3.8, 4) is 0 Å². The second-order valence-electron chi connectivity index (χ2n) is 5.62. The van der Waals surface area contributed by atoms with Gasteiger partial charge in [0.05, 0.1) is 10.4 Å². The molecule has 2 aromatic carbocycles. The molecule has 26 heavy (non-hydrogen) atoms. The number of aromatic nitrogens is 1. The molecule has 4 nitrogen and oxygen atoms in total. The lowest BCUT2D eigenvalue weighted by Crippen LogP contribution is -2.14. The molecular weight excluding hydrogens is 393 g/mol. The highest BCUT2D eigenvalue weighted by Gasteiger charge is 2.19. The first-order chi connectivity index (χ1) is 12.3. The zero-order valence-corrected chi connectivity index (χ0v) is 15.7. The number of ketones is 1. The summed E-state index contributed by atoms with van der Waals surface area (Å²) in [6.07, 6.45) is 4.04. The van der Waals surface area contributed by atoms with Gasteiger partial charge in [-0.3, -0.25) is 9.78 Å². The topological polar surface area (TPSA) is 64.1 Å². The molecule has 0 N–H and O–H groups in total. The van der Waals surface area contributed by atoms with Crippen LogP contribution in [0.3, 0.4) is 0 Å². The van der Waals surface area contributed by atoms with Gasteiger partial charge in [0.1, 0.15) is 5.75 Å². The van der Waals surface area contributed by atoms with Crippen molar-refractivity contribution in [2.24, 2.45) is 0 Å². The molecule has 0 aliphatic carbocycles. The molecule has 132 valence electrons. The molecule has 0 atom stereocenters. The highest BCUT2D eigenvalue weighted by atomic mass is 35.5. The molecule has 7 heteroatoms. The summed E-state index contributed by atoms with van der Waals surface area (Å²) in [5.41, 5.74) is 1.34. The summed E-state index contributed by atoms with van der Waals surface area (Å²) >= 11 is 11.7. The van der Waals surface area contributed by atoms with Crippen LogP contribution in [0.15, 0.2) is 65.7 Å². The number of fused-ring (bicyclic) bond motifs is 1. The standard InChI is InChI=1S/C19H13Cl2NO3S/c20-15-5-1-13(2-6-15)3-8-17(23)12-26(24,25)18-9-14-4-7-16(21)10-19(14)22-11-18/h1-11H,12H2. The van der Waals surface area contributed by atoms with Gasteiger partial charge in [0.15, 0.2) is 15.6 Å². The number of carbonyl (C=O) groups is 1. The third kappa shape index (κ3) is 4.49. The number of nitrogens with zero attached hydrogens (tertiary/aromatic N) is 1. The first-order valence-electron chi connectivity index (χ1n) is 7.58. The first-order valence-corrected chi connectivity index (χ1v) is 9.99. The molecule has 0 bridgehead atoms. The molecule has 0 aliphatic heterocycles. The van der Waals surface area contributed by atoms with Crippen LogP contribution in [0.1, 0.15) is 5.56 Å². The van der Waals surface area contributed by atoms with E-state index in [0.29, 0.717) is 20.9 Å². The zero-order chi connectivity index (χ0) is 18.7. The summed E-state index contributed by atoms with van der Waals surface area (Å²) in [6.45, 7) is 0. The fourth-order valence-electron chi connectivity index (χ4n) is 2.33. The Kier molecular flexibility index (Phi) is 5.41. The van der Waals surface area contributed by atoms with Crippen molar-refractivity contribution in [2.75, 3.05) is 5.75 Å². The molecule has 0 spiro atoms. The fraction of sp³-hybridized carbons (Fsp3) is 0.0526. The van der Waals surface area contributed by atoms with Gasteiger partial charge in [-0.05, 0) is 42.0 Å². The molecule has 0 aliphatic rings. The van der Waals surface area contributed by atoms with Crippen molar-refractivity contribution in [3.05, 3.63) is 76.4 Å². The van der Waals surface area contributed by atoms with Crippen molar-refractivity contribution < 1.29 is 13.2 Å². The Bertz CT molecular complexity index is 1110. The number of pyridine rings is 1. The van der Waals surface area contributed by atoms with E-state index in [0.717, 1.165) is 5.56 Å². The average Bonchev–Trinajstić information content (AvgIpc) is 2.60. The molecule has 1 heterocycles. The molecule has 0 saturated carbocycles. The maximum absolute atomic E-state index is 12.5. The average molecular weight is 406 g/mol. The third-order valence-corrected chi connectivity index (χ3v) is 5.74. The third-order valence-electron chi connectivity index (χ3n) is 3.64. The molecule has 3 aromatic rings. The lowest BCUT2D eigenvalue weighted by Gasteiger charge is -2.04. The fourth-order valence-corrected chi connectivity index (χ4v) is 3.78. The van der Waals surface area contributed by atoms with E-state index in [1.54, 1.807) is 48.5 Å². The van der Waals surface area contributed by atoms with Gasteiger partial charge in [0, 0.05) is 21.6 Å². The van der Waals surface area contributed by atoms with Gasteiger partial charge >= 0.3 is 0 Å². The first kappa shape index (κ1) is 18.6. The predicted molar refractivity (Wildman–Crippen MR) is 104 cm³/mol. The smallest absolute Gasteiger partial charge is 0.187 e. The Morgan fingerprint density at radius 2 is 1.69 bits per heavy atom. The predicted octanol–water partition coefficient (Wildman–Crippen LogP) is 4.60. The normalized spacial score (nSPS) is 11.9. The van der Waals surface area contributed by atoms with E-state index in [1.165, 1.54) is 18.3 Å². The lowest BCUT2D eigenvalue weighted by atomic mass is 10.2. The summed E-state index contributed by atoms with van der Waals surface area (Å²) in [5, 5.41) is 1.74. The number of hydrogen-bond acceptors (Lipinski definition) is 4. The molecular formula is C19H13Cl2NO3S. The molecule has 0 saturated heterocycles. The number of hydrogen-bond donors (Lipinski definition) is 0. The highest BCUT2D eigenvalue weighted by Crippen LogP contribution is 2.21. The summed E-state index contributed by atoms with van der Waals surface area (Å²) in [6, 6.07) is 13.3. The van der Waals surface area contributed by atoms with Crippen molar-refractivity contribution >= 4 is 55.8 Å². The van der Waals surface area contributed by atoms with Crippen LogP contribution >= 0.6 is 23.2 Å². The summed E-state index contributed by atoms with van der Waals surface area (Å²) in [7, 11) is -3.79. The molecule has 0 unspecified atom stereocenters. The van der Waals surface area contributed by atoms with Crippen LogP contribution in [0, 0.1) is 0 Å². The Morgan fingerprint density at radius 3 is 2.42 bits per heavy atom. The van der Waals surface area contributed by atoms with Gasteiger partial charge in [-0.15, -0.1) is 0 Å². The largest absolute Gasteiger partial charge is 0.294 e. The van der Waals surface area contributed by atoms with E-state index in [-0.39, 0.29) is 4.90 Å². The van der Waals surface area contributed by atoms with Crippen LogP contribution in [0.4, 0.5) is 0 Å². The monoisotopic (exact) mass is 405 g/mol. The van der Waals surface area contributed by atoms with Crippen molar-refractivity contribution in [1.82, 2.24) is 4.98 Å². The van der Waals surface area contributed by atoms with Crippen LogP contribution in [0.25, 0.3) is 17.0 Å². The van der Waals surface area contributed by atoms with Crippen LogP contribution in [-0.2, 0) is 14.6 Å². The van der Waals surface area contributed by atoms with E-state index in [2.05, 4.69) is 4.98 Å². The zero-order valence-electron chi connectivity index (χ0n) is 13.4. The Labute approximate surface area is 161 Å². The van der Waals surface area contributed by atoms with Crippen molar-refractivity contribution in [1.29, 1.82) is 0 Å². The van der Waals surface area contributed by atoms with Gasteiger partial charge in [0.25, 0.3) is 0 Å². The van der Waals surface area contributed by atoms with Crippen LogP contribution in [-0.4, -0.2) is 24.9 Å². The Hall–Kier alpha value is -2.21. The quantitative estimate of drug-likeness (QED) is 0.581. The summed E-state index contributed by atoms with van der Waals surface area (Å²) in [5.74, 6) is -1.14. The van der Waals surface area contributed by atoms with Gasteiger partial charge in [-0.25, -0.2) is 8.42 Å². The van der Waals surface area contributed by atoms with E-state index in [9.17, 15) is 13.2 Å². The second-order valence-corrected chi connectivity index (χ2v) is 8.48. The molecule has 0 amide bonds. The number of halogens is 2. The number of benzene rings is 2. The summed E-state index contributed by atoms with van der Waals surface area (Å²) in [4.78, 5) is 16.2. The van der Waals surface area contributed by atoms with Gasteiger partial charge in [-0.1, -0.05) is 47.5 Å². The van der Waals surface area contributed by atoms with Crippen molar-refractivity contribution in [3.63, 3.8) is 0 Å². The Balaban J connectivity index is 1.78. The van der Waals surface area contributed by atoms with Gasteiger partial charge in [-0.2, -0.15) is 0 Å². The van der Waals surface area contributed by atoms with Crippen LogP contribution in [0.2, 0.25) is 10.0 Å². The van der Waals surface area contributed by atoms with Gasteiger partial charge < -0.3 is 0 Å². The lowest BCUT2D eigenvalue weighted by molar-refractivity contribution is -0.112. The minimum absolute atomic E-state index is 0.000523. The highest BCUT2D eigenvalue weighted by molar-refractivity contribution is 7.92. The maximum atomic E-state index is 12.5. The van der Waals surface area contributed by atoms with E-state index in [1.807, 2.05) is 0 Å². The maximum Gasteiger partial charge on any atom is 0.187 e. The number of sulfone groups is 1. The molecule has 1 aromatic heterocycles. The number of carbonyl (C=O) groups excluding carboxylic acids is 1. The van der Waals surface area contributed by atoms with Crippen molar-refractivity contribution in [2.45, 2.75) is 4.90 Å². The minimum Gasteiger partial charge on any atom is -0.294 e. The number of rotatable bonds is 5. The molecule has 0 fully saturated rings. The van der Waals surface area contributed by atoms with Crippen LogP contribution < -0.4 is 0 Å². The Morgan fingerprint density at radius 1 is 1.00 bits per heavy atom. The van der Waals surface area contributed by atoms with E-state index < -0.39 is 21.4 Å².